The number of nitriles is 1. The third kappa shape index (κ3) is 5.54. The molecule has 10 nitrogen and oxygen atoms in total. The van der Waals surface area contributed by atoms with Gasteiger partial charge in [-0.2, -0.15) is 15.5 Å². The van der Waals surface area contributed by atoms with E-state index in [-0.39, 0.29) is 23.2 Å². The number of ether oxygens (including phenoxy) is 1. The molecule has 208 valence electrons. The summed E-state index contributed by atoms with van der Waals surface area (Å²) < 4.78 is 5.42. The highest BCUT2D eigenvalue weighted by Crippen LogP contribution is 2.65. The molecule has 0 spiro atoms. The van der Waals surface area contributed by atoms with Gasteiger partial charge >= 0.3 is 6.09 Å². The van der Waals surface area contributed by atoms with Gasteiger partial charge in [0.2, 0.25) is 11.8 Å². The van der Waals surface area contributed by atoms with E-state index in [0.29, 0.717) is 12.2 Å². The van der Waals surface area contributed by atoms with Crippen molar-refractivity contribution in [2.24, 2.45) is 22.7 Å². The van der Waals surface area contributed by atoms with E-state index in [0.717, 1.165) is 10.8 Å². The van der Waals surface area contributed by atoms with Crippen LogP contribution in [0.25, 0.3) is 10.8 Å². The Morgan fingerprint density at radius 1 is 1.13 bits per heavy atom. The molecule has 2 unspecified atom stereocenters. The molecule has 10 heteroatoms. The lowest BCUT2D eigenvalue weighted by Gasteiger charge is -2.38. The zero-order valence-corrected chi connectivity index (χ0v) is 23.9. The van der Waals surface area contributed by atoms with Crippen molar-refractivity contribution in [1.29, 1.82) is 5.26 Å². The van der Waals surface area contributed by atoms with E-state index in [4.69, 9.17) is 4.74 Å². The molecule has 0 bridgehead atoms. The Morgan fingerprint density at radius 2 is 1.79 bits per heavy atom. The number of rotatable bonds is 5. The SMILES string of the molecule is CC(C)(C)OC(=O)NC(C(=O)N1C[C@H]2[C@@H]([C@H]1C(=O)NC(C#N)c1nncc3ccccc13)C2(C)C)C(C)(C)C. The zero-order valence-electron chi connectivity index (χ0n) is 23.9. The predicted octanol–water partition coefficient (Wildman–Crippen LogP) is 3.73. The Kier molecular flexibility index (Phi) is 7.09. The van der Waals surface area contributed by atoms with E-state index in [9.17, 15) is 19.6 Å². The average molecular weight is 535 g/mol. The minimum Gasteiger partial charge on any atom is -0.444 e. The molecule has 39 heavy (non-hydrogen) atoms. The van der Waals surface area contributed by atoms with Crippen LogP contribution in [0.15, 0.2) is 30.5 Å². The smallest absolute Gasteiger partial charge is 0.408 e. The molecule has 2 N–H and O–H groups in total. The fourth-order valence-corrected chi connectivity index (χ4v) is 5.71. The largest absolute Gasteiger partial charge is 0.444 e. The zero-order chi connectivity index (χ0) is 28.9. The monoisotopic (exact) mass is 534 g/mol. The van der Waals surface area contributed by atoms with E-state index in [1.165, 1.54) is 0 Å². The van der Waals surface area contributed by atoms with Crippen LogP contribution in [0.5, 0.6) is 0 Å². The van der Waals surface area contributed by atoms with Gasteiger partial charge in [-0.05, 0) is 43.4 Å². The van der Waals surface area contributed by atoms with Crippen LogP contribution in [0.4, 0.5) is 4.79 Å². The number of nitrogens with zero attached hydrogens (tertiary/aromatic N) is 4. The van der Waals surface area contributed by atoms with Gasteiger partial charge < -0.3 is 20.3 Å². The van der Waals surface area contributed by atoms with Gasteiger partial charge in [0.1, 0.15) is 23.4 Å². The normalized spacial score (nSPS) is 23.3. The molecular formula is C29H38N6O4. The molecule has 1 saturated heterocycles. The molecule has 1 aromatic heterocycles. The fourth-order valence-electron chi connectivity index (χ4n) is 5.71. The molecule has 5 atom stereocenters. The fraction of sp³-hybridized carbons (Fsp3) is 0.586. The number of alkyl carbamates (subject to hydrolysis) is 1. The summed E-state index contributed by atoms with van der Waals surface area (Å²) >= 11 is 0. The molecule has 4 rings (SSSR count). The molecule has 2 fully saturated rings. The lowest BCUT2D eigenvalue weighted by molar-refractivity contribution is -0.144. The molecule has 0 radical (unpaired) electrons. The van der Waals surface area contributed by atoms with Crippen LogP contribution in [0.2, 0.25) is 0 Å². The molecule has 1 aliphatic heterocycles. The summed E-state index contributed by atoms with van der Waals surface area (Å²) in [7, 11) is 0. The first-order valence-corrected chi connectivity index (χ1v) is 13.3. The Labute approximate surface area is 229 Å². The molecule has 1 saturated carbocycles. The van der Waals surface area contributed by atoms with Crippen LogP contribution >= 0.6 is 0 Å². The number of benzene rings is 1. The summed E-state index contributed by atoms with van der Waals surface area (Å²) in [6.07, 6.45) is 0.911. The molecule has 2 aromatic rings. The van der Waals surface area contributed by atoms with Crippen LogP contribution in [0.1, 0.15) is 67.1 Å². The predicted molar refractivity (Wildman–Crippen MR) is 145 cm³/mol. The van der Waals surface area contributed by atoms with Crippen molar-refractivity contribution in [3.05, 3.63) is 36.2 Å². The first kappa shape index (κ1) is 28.3. The van der Waals surface area contributed by atoms with Crippen molar-refractivity contribution in [2.45, 2.75) is 79.1 Å². The van der Waals surface area contributed by atoms with E-state index in [1.54, 1.807) is 31.9 Å². The van der Waals surface area contributed by atoms with Crippen molar-refractivity contribution in [2.75, 3.05) is 6.54 Å². The number of amides is 3. The number of likely N-dealkylation sites (tertiary alicyclic amines) is 1. The Morgan fingerprint density at radius 3 is 2.41 bits per heavy atom. The Hall–Kier alpha value is -3.74. The van der Waals surface area contributed by atoms with Crippen LogP contribution in [-0.2, 0) is 14.3 Å². The van der Waals surface area contributed by atoms with Crippen molar-refractivity contribution < 1.29 is 19.1 Å². The summed E-state index contributed by atoms with van der Waals surface area (Å²) in [5.41, 5.74) is -1.15. The van der Waals surface area contributed by atoms with E-state index < -0.39 is 41.1 Å². The number of carbonyl (C=O) groups is 3. The number of hydrogen-bond donors (Lipinski definition) is 2. The van der Waals surface area contributed by atoms with Gasteiger partial charge in [0, 0.05) is 17.3 Å². The Balaban J connectivity index is 1.61. The second kappa shape index (κ2) is 9.78. The third-order valence-corrected chi connectivity index (χ3v) is 7.82. The first-order chi connectivity index (χ1) is 18.1. The quantitative estimate of drug-likeness (QED) is 0.596. The molecule has 2 heterocycles. The number of nitrogens with one attached hydrogen (secondary N) is 2. The molecule has 2 aliphatic rings. The number of fused-ring (bicyclic) bond motifs is 2. The van der Waals surface area contributed by atoms with E-state index in [1.807, 2.05) is 45.0 Å². The number of carbonyl (C=O) groups excluding carboxylic acids is 3. The number of aromatic nitrogens is 2. The van der Waals surface area contributed by atoms with Gasteiger partial charge in [0.25, 0.3) is 0 Å². The lowest BCUT2D eigenvalue weighted by atomic mass is 9.85. The minimum atomic E-state index is -1.05. The van der Waals surface area contributed by atoms with Gasteiger partial charge in [0.05, 0.1) is 12.3 Å². The van der Waals surface area contributed by atoms with Gasteiger partial charge in [-0.3, -0.25) is 9.59 Å². The summed E-state index contributed by atoms with van der Waals surface area (Å²) in [5.74, 6) is -0.707. The van der Waals surface area contributed by atoms with Crippen molar-refractivity contribution in [1.82, 2.24) is 25.7 Å². The van der Waals surface area contributed by atoms with Crippen molar-refractivity contribution in [3.8, 4) is 6.07 Å². The third-order valence-electron chi connectivity index (χ3n) is 7.82. The number of hydrogen-bond acceptors (Lipinski definition) is 7. The Bertz CT molecular complexity index is 1330. The average Bonchev–Trinajstić information content (AvgIpc) is 3.15. The van der Waals surface area contributed by atoms with Crippen LogP contribution in [-0.4, -0.2) is 57.2 Å². The summed E-state index contributed by atoms with van der Waals surface area (Å²) in [4.78, 5) is 42.0. The first-order valence-electron chi connectivity index (χ1n) is 13.3. The maximum absolute atomic E-state index is 14.0. The summed E-state index contributed by atoms with van der Waals surface area (Å²) in [6, 6.07) is 6.78. The molecule has 1 aromatic carbocycles. The highest BCUT2D eigenvalue weighted by atomic mass is 16.6. The standard InChI is InChI=1S/C29H38N6O4/c1-27(2,3)23(33-26(38)39-28(4,5)6)25(37)35-15-18-20(29(18,7)8)22(35)24(36)32-19(13-30)21-17-12-10-9-11-16(17)14-31-34-21/h9-12,14,18-20,22-23H,15H2,1-8H3,(H,32,36)(H,33,38)/t18-,19?,20-,22-,23?/m0/s1. The van der Waals surface area contributed by atoms with Crippen LogP contribution < -0.4 is 10.6 Å². The molecule has 3 amide bonds. The van der Waals surface area contributed by atoms with E-state index >= 15 is 0 Å². The van der Waals surface area contributed by atoms with Gasteiger partial charge in [-0.15, -0.1) is 0 Å². The highest BCUT2D eigenvalue weighted by Gasteiger charge is 2.69. The van der Waals surface area contributed by atoms with Crippen LogP contribution in [0, 0.1) is 34.0 Å². The number of piperidine rings is 1. The molecular weight excluding hydrogens is 496 g/mol. The minimum absolute atomic E-state index is 0.0680. The topological polar surface area (TPSA) is 137 Å². The lowest BCUT2D eigenvalue weighted by Crippen LogP contribution is -2.59. The van der Waals surface area contributed by atoms with Gasteiger partial charge in [0.15, 0.2) is 6.04 Å². The maximum Gasteiger partial charge on any atom is 0.408 e. The highest BCUT2D eigenvalue weighted by molar-refractivity contribution is 5.94. The second-order valence-corrected chi connectivity index (χ2v) is 13.2. The van der Waals surface area contributed by atoms with Gasteiger partial charge in [-0.1, -0.05) is 58.9 Å². The second-order valence-electron chi connectivity index (χ2n) is 13.2. The summed E-state index contributed by atoms with van der Waals surface area (Å²) in [5, 5.41) is 25.3. The van der Waals surface area contributed by atoms with E-state index in [2.05, 4.69) is 40.7 Å². The van der Waals surface area contributed by atoms with Crippen molar-refractivity contribution >= 4 is 28.7 Å². The van der Waals surface area contributed by atoms with Crippen LogP contribution in [0.3, 0.4) is 0 Å². The molecule has 1 aliphatic carbocycles. The van der Waals surface area contributed by atoms with Crippen molar-refractivity contribution in [3.63, 3.8) is 0 Å². The summed E-state index contributed by atoms with van der Waals surface area (Å²) in [6.45, 7) is 15.4. The maximum atomic E-state index is 14.0. The van der Waals surface area contributed by atoms with Gasteiger partial charge in [-0.25, -0.2) is 4.79 Å².